The number of nitrogens with one attached hydrogen (secondary N) is 2. The molecule has 1 amide bonds. The van der Waals surface area contributed by atoms with Gasteiger partial charge in [0.25, 0.3) is 5.91 Å². The molecule has 2 aromatic rings. The van der Waals surface area contributed by atoms with Crippen molar-refractivity contribution < 1.29 is 13.6 Å². The predicted octanol–water partition coefficient (Wildman–Crippen LogP) is 3.81. The summed E-state index contributed by atoms with van der Waals surface area (Å²) in [7, 11) is 0. The third-order valence-corrected chi connectivity index (χ3v) is 3.24. The summed E-state index contributed by atoms with van der Waals surface area (Å²) >= 11 is 2.87. The Hall–Kier alpha value is -2.02. The average Bonchev–Trinajstić information content (AvgIpc) is 2.45. The summed E-state index contributed by atoms with van der Waals surface area (Å²) < 4.78 is 27.0. The molecule has 0 bridgehead atoms. The van der Waals surface area contributed by atoms with E-state index in [0.29, 0.717) is 6.54 Å². The molecule has 0 saturated carbocycles. The van der Waals surface area contributed by atoms with Crippen LogP contribution in [0.1, 0.15) is 17.4 Å². The molecule has 110 valence electrons. The van der Waals surface area contributed by atoms with E-state index in [-0.39, 0.29) is 15.9 Å². The monoisotopic (exact) mass is 355 g/mol. The van der Waals surface area contributed by atoms with E-state index in [0.717, 1.165) is 17.8 Å². The fraction of sp³-hybridized carbons (Fsp3) is 0.143. The van der Waals surface area contributed by atoms with Gasteiger partial charge in [0.05, 0.1) is 10.2 Å². The topological polar surface area (TPSA) is 54.0 Å². The third kappa shape index (κ3) is 3.75. The zero-order chi connectivity index (χ0) is 15.4. The second kappa shape index (κ2) is 6.62. The van der Waals surface area contributed by atoms with Gasteiger partial charge in [-0.25, -0.2) is 8.78 Å². The fourth-order valence-electron chi connectivity index (χ4n) is 1.67. The minimum absolute atomic E-state index is 0.00901. The summed E-state index contributed by atoms with van der Waals surface area (Å²) in [5.41, 5.74) is 0.590. The molecule has 1 aromatic carbocycles. The quantitative estimate of drug-likeness (QED) is 0.820. The summed E-state index contributed by atoms with van der Waals surface area (Å²) in [6.45, 7) is 2.61. The summed E-state index contributed by atoms with van der Waals surface area (Å²) in [5, 5.41) is 5.33. The summed E-state index contributed by atoms with van der Waals surface area (Å²) in [5.74, 6) is -2.02. The number of anilines is 2. The Balaban J connectivity index is 2.22. The van der Waals surface area contributed by atoms with E-state index < -0.39 is 17.5 Å². The third-order valence-electron chi connectivity index (χ3n) is 2.63. The van der Waals surface area contributed by atoms with Crippen molar-refractivity contribution in [3.8, 4) is 0 Å². The van der Waals surface area contributed by atoms with Crippen LogP contribution in [0, 0.1) is 11.6 Å². The lowest BCUT2D eigenvalue weighted by atomic mass is 10.2. The van der Waals surface area contributed by atoms with Crippen molar-refractivity contribution in [2.45, 2.75) is 6.92 Å². The highest BCUT2D eigenvalue weighted by atomic mass is 79.9. The van der Waals surface area contributed by atoms with Gasteiger partial charge in [-0.15, -0.1) is 0 Å². The minimum atomic E-state index is -0.737. The molecule has 0 atom stereocenters. The molecule has 2 N–H and O–H groups in total. The minimum Gasteiger partial charge on any atom is -0.385 e. The maximum atomic E-state index is 13.7. The zero-order valence-electron chi connectivity index (χ0n) is 11.1. The maximum Gasteiger partial charge on any atom is 0.274 e. The zero-order valence-corrected chi connectivity index (χ0v) is 12.7. The first-order valence-electron chi connectivity index (χ1n) is 6.17. The Morgan fingerprint density at radius 3 is 2.76 bits per heavy atom. The SMILES string of the molecule is CCNc1ccnc(C(=O)Nc2cc(F)c(Br)cc2F)c1. The molecule has 0 radical (unpaired) electrons. The highest BCUT2D eigenvalue weighted by molar-refractivity contribution is 9.10. The molecular formula is C14H12BrF2N3O. The standard InChI is InChI=1S/C14H12BrF2N3O/c1-2-18-8-3-4-19-13(5-8)14(21)20-12-7-10(16)9(15)6-11(12)17/h3-7H,2H2,1H3,(H,18,19)(H,20,21). The second-order valence-corrected chi connectivity index (χ2v) is 5.01. The number of carbonyl (C=O) groups excluding carboxylic acids is 1. The average molecular weight is 356 g/mol. The van der Waals surface area contributed by atoms with Crippen LogP contribution < -0.4 is 10.6 Å². The van der Waals surface area contributed by atoms with Crippen molar-refractivity contribution in [1.29, 1.82) is 0 Å². The Labute approximate surface area is 128 Å². The van der Waals surface area contributed by atoms with Gasteiger partial charge in [-0.3, -0.25) is 9.78 Å². The smallest absolute Gasteiger partial charge is 0.274 e. The molecule has 1 aromatic heterocycles. The van der Waals surface area contributed by atoms with E-state index >= 15 is 0 Å². The molecule has 1 heterocycles. The number of hydrogen-bond acceptors (Lipinski definition) is 3. The summed E-state index contributed by atoms with van der Waals surface area (Å²) in [6, 6.07) is 5.10. The summed E-state index contributed by atoms with van der Waals surface area (Å²) in [4.78, 5) is 15.9. The van der Waals surface area contributed by atoms with Crippen LogP contribution in [-0.2, 0) is 0 Å². The van der Waals surface area contributed by atoms with E-state index in [4.69, 9.17) is 0 Å². The second-order valence-electron chi connectivity index (χ2n) is 4.16. The Morgan fingerprint density at radius 2 is 2.05 bits per heavy atom. The number of hydrogen-bond donors (Lipinski definition) is 2. The van der Waals surface area contributed by atoms with Crippen molar-refractivity contribution in [2.75, 3.05) is 17.2 Å². The molecule has 0 fully saturated rings. The Morgan fingerprint density at radius 1 is 1.29 bits per heavy atom. The molecule has 0 spiro atoms. The van der Waals surface area contributed by atoms with Crippen molar-refractivity contribution in [2.24, 2.45) is 0 Å². The van der Waals surface area contributed by atoms with E-state index in [9.17, 15) is 13.6 Å². The van der Waals surface area contributed by atoms with Gasteiger partial charge in [-0.2, -0.15) is 0 Å². The van der Waals surface area contributed by atoms with E-state index in [1.807, 2.05) is 6.92 Å². The maximum absolute atomic E-state index is 13.7. The van der Waals surface area contributed by atoms with E-state index in [1.165, 1.54) is 12.3 Å². The van der Waals surface area contributed by atoms with Gasteiger partial charge in [0.1, 0.15) is 17.3 Å². The number of nitrogens with zero attached hydrogens (tertiary/aromatic N) is 1. The normalized spacial score (nSPS) is 10.3. The van der Waals surface area contributed by atoms with E-state index in [2.05, 4.69) is 31.5 Å². The molecule has 0 aliphatic heterocycles. The molecule has 7 heteroatoms. The Bertz CT molecular complexity index is 679. The van der Waals surface area contributed by atoms with Gasteiger partial charge < -0.3 is 10.6 Å². The summed E-state index contributed by atoms with van der Waals surface area (Å²) in [6.07, 6.45) is 1.46. The molecule has 0 aliphatic rings. The number of aromatic nitrogens is 1. The first kappa shape index (κ1) is 15.4. The van der Waals surface area contributed by atoms with Crippen molar-refractivity contribution in [3.05, 3.63) is 52.3 Å². The van der Waals surface area contributed by atoms with Gasteiger partial charge >= 0.3 is 0 Å². The Kier molecular flexibility index (Phi) is 4.85. The van der Waals surface area contributed by atoms with Gasteiger partial charge in [0.2, 0.25) is 0 Å². The molecule has 21 heavy (non-hydrogen) atoms. The number of carbonyl (C=O) groups is 1. The van der Waals surface area contributed by atoms with Gasteiger partial charge in [-0.1, -0.05) is 0 Å². The van der Waals surface area contributed by atoms with Crippen LogP contribution >= 0.6 is 15.9 Å². The number of halogens is 3. The van der Waals surface area contributed by atoms with Crippen molar-refractivity contribution >= 4 is 33.2 Å². The van der Waals surface area contributed by atoms with Crippen LogP contribution in [-0.4, -0.2) is 17.4 Å². The largest absolute Gasteiger partial charge is 0.385 e. The first-order chi connectivity index (χ1) is 10.0. The van der Waals surface area contributed by atoms with Crippen molar-refractivity contribution in [1.82, 2.24) is 4.98 Å². The first-order valence-corrected chi connectivity index (χ1v) is 6.96. The molecular weight excluding hydrogens is 344 g/mol. The molecule has 0 unspecified atom stereocenters. The number of benzene rings is 1. The van der Waals surface area contributed by atoms with Crippen LogP contribution in [0.2, 0.25) is 0 Å². The lowest BCUT2D eigenvalue weighted by molar-refractivity contribution is 0.102. The predicted molar refractivity (Wildman–Crippen MR) is 80.4 cm³/mol. The van der Waals surface area contributed by atoms with E-state index in [1.54, 1.807) is 6.07 Å². The van der Waals surface area contributed by atoms with Gasteiger partial charge in [-0.05, 0) is 41.1 Å². The molecule has 0 saturated heterocycles. The lowest BCUT2D eigenvalue weighted by Crippen LogP contribution is -2.15. The number of amides is 1. The molecule has 4 nitrogen and oxygen atoms in total. The highest BCUT2D eigenvalue weighted by Gasteiger charge is 2.13. The van der Waals surface area contributed by atoms with Crippen LogP contribution in [0.3, 0.4) is 0 Å². The molecule has 2 rings (SSSR count). The van der Waals surface area contributed by atoms with Crippen LogP contribution in [0.15, 0.2) is 34.9 Å². The van der Waals surface area contributed by atoms with Gasteiger partial charge in [0, 0.05) is 24.5 Å². The lowest BCUT2D eigenvalue weighted by Gasteiger charge is -2.08. The number of rotatable bonds is 4. The number of pyridine rings is 1. The van der Waals surface area contributed by atoms with Crippen LogP contribution in [0.5, 0.6) is 0 Å². The highest BCUT2D eigenvalue weighted by Crippen LogP contribution is 2.23. The van der Waals surface area contributed by atoms with Crippen LogP contribution in [0.4, 0.5) is 20.2 Å². The molecule has 0 aliphatic carbocycles. The van der Waals surface area contributed by atoms with Crippen molar-refractivity contribution in [3.63, 3.8) is 0 Å². The van der Waals surface area contributed by atoms with Gasteiger partial charge in [0.15, 0.2) is 0 Å². The van der Waals surface area contributed by atoms with Crippen LogP contribution in [0.25, 0.3) is 0 Å². The fourth-order valence-corrected chi connectivity index (χ4v) is 1.99.